The second kappa shape index (κ2) is 11.8. The van der Waals surface area contributed by atoms with Crippen molar-refractivity contribution in [1.82, 2.24) is 0 Å². The van der Waals surface area contributed by atoms with Crippen molar-refractivity contribution in [2.75, 3.05) is 19.8 Å². The van der Waals surface area contributed by atoms with E-state index in [0.717, 1.165) is 18.4 Å². The molecule has 2 rings (SSSR count). The number of hydrogen-bond acceptors (Lipinski definition) is 5. The van der Waals surface area contributed by atoms with Crippen molar-refractivity contribution in [3.05, 3.63) is 35.9 Å². The maximum Gasteiger partial charge on any atom is 0.302 e. The predicted octanol–water partition coefficient (Wildman–Crippen LogP) is 4.39. The molecule has 0 saturated heterocycles. The van der Waals surface area contributed by atoms with Gasteiger partial charge >= 0.3 is 5.97 Å². The van der Waals surface area contributed by atoms with Crippen LogP contribution >= 0.6 is 0 Å². The lowest BCUT2D eigenvalue weighted by Gasteiger charge is -2.24. The number of unbranched alkanes of at least 4 members (excludes halogenated alkanes) is 2. The summed E-state index contributed by atoms with van der Waals surface area (Å²) in [6.45, 7) is 7.45. The molecule has 0 aromatic heterocycles. The van der Waals surface area contributed by atoms with Gasteiger partial charge in [-0.15, -0.1) is 0 Å². The van der Waals surface area contributed by atoms with Gasteiger partial charge in [0, 0.05) is 18.9 Å². The van der Waals surface area contributed by atoms with E-state index in [4.69, 9.17) is 14.2 Å². The summed E-state index contributed by atoms with van der Waals surface area (Å²) >= 11 is 0. The van der Waals surface area contributed by atoms with Crippen molar-refractivity contribution in [1.29, 1.82) is 0 Å². The van der Waals surface area contributed by atoms with Crippen molar-refractivity contribution < 1.29 is 19.0 Å². The number of rotatable bonds is 12. The van der Waals surface area contributed by atoms with E-state index < -0.39 is 0 Å². The van der Waals surface area contributed by atoms with E-state index in [0.29, 0.717) is 31.6 Å². The van der Waals surface area contributed by atoms with E-state index in [1.807, 2.05) is 30.3 Å². The molecule has 5 heteroatoms. The molecular weight excluding hydrogens is 342 g/mol. The van der Waals surface area contributed by atoms with Gasteiger partial charge in [0.2, 0.25) is 5.90 Å². The molecule has 1 aromatic carbocycles. The van der Waals surface area contributed by atoms with E-state index in [9.17, 15) is 4.79 Å². The van der Waals surface area contributed by atoms with Gasteiger partial charge < -0.3 is 14.2 Å². The first-order valence-electron chi connectivity index (χ1n) is 10.1. The first-order valence-corrected chi connectivity index (χ1v) is 10.1. The third-order valence-electron chi connectivity index (χ3n) is 4.80. The van der Waals surface area contributed by atoms with Gasteiger partial charge in [0.25, 0.3) is 0 Å². The van der Waals surface area contributed by atoms with Gasteiger partial charge in [-0.25, -0.2) is 4.99 Å². The highest BCUT2D eigenvalue weighted by molar-refractivity contribution is 5.95. The van der Waals surface area contributed by atoms with E-state index in [-0.39, 0.29) is 18.1 Å². The van der Waals surface area contributed by atoms with Crippen molar-refractivity contribution in [3.63, 3.8) is 0 Å². The van der Waals surface area contributed by atoms with Crippen LogP contribution in [-0.2, 0) is 19.0 Å². The van der Waals surface area contributed by atoms with Gasteiger partial charge in [0.05, 0.1) is 13.2 Å². The van der Waals surface area contributed by atoms with Gasteiger partial charge in [-0.1, -0.05) is 51.3 Å². The van der Waals surface area contributed by atoms with Crippen LogP contribution in [0, 0.1) is 5.92 Å². The molecule has 0 amide bonds. The van der Waals surface area contributed by atoms with Gasteiger partial charge in [-0.3, -0.25) is 4.79 Å². The van der Waals surface area contributed by atoms with Crippen molar-refractivity contribution >= 4 is 11.9 Å². The first-order chi connectivity index (χ1) is 13.1. The molecule has 0 radical (unpaired) electrons. The number of carbonyl (C=O) groups excluding carboxylic acids is 1. The third kappa shape index (κ3) is 7.71. The summed E-state index contributed by atoms with van der Waals surface area (Å²) in [5, 5.41) is 0. The molecule has 1 aliphatic rings. The predicted molar refractivity (Wildman–Crippen MR) is 107 cm³/mol. The summed E-state index contributed by atoms with van der Waals surface area (Å²) < 4.78 is 17.0. The van der Waals surface area contributed by atoms with Crippen molar-refractivity contribution in [2.45, 2.75) is 65.0 Å². The molecule has 0 spiro atoms. The maximum atomic E-state index is 11.4. The van der Waals surface area contributed by atoms with Crippen LogP contribution in [0.1, 0.15) is 58.4 Å². The van der Waals surface area contributed by atoms with Crippen LogP contribution in [0.5, 0.6) is 0 Å². The molecule has 0 saturated carbocycles. The fourth-order valence-electron chi connectivity index (χ4n) is 3.23. The highest BCUT2D eigenvalue weighted by Crippen LogP contribution is 2.19. The minimum atomic E-state index is -0.219. The molecule has 1 heterocycles. The number of aliphatic imine (C=N–C) groups is 1. The van der Waals surface area contributed by atoms with Crippen LogP contribution in [0.3, 0.4) is 0 Å². The van der Waals surface area contributed by atoms with Crippen molar-refractivity contribution in [3.8, 4) is 0 Å². The molecule has 2 unspecified atom stereocenters. The molecule has 0 bridgehead atoms. The molecule has 0 aliphatic carbocycles. The molecule has 1 aliphatic heterocycles. The number of benzene rings is 1. The maximum absolute atomic E-state index is 11.4. The second-order valence-corrected chi connectivity index (χ2v) is 7.25. The topological polar surface area (TPSA) is 57.1 Å². The Morgan fingerprint density at radius 3 is 2.74 bits per heavy atom. The summed E-state index contributed by atoms with van der Waals surface area (Å²) in [6, 6.07) is 9.93. The number of ether oxygens (including phenoxy) is 3. The standard InChI is InChI=1S/C22H33NO4/c1-4-5-7-10-17(2)21(27-18(3)24)13-14-25-15-20-16-26-22(23-20)19-11-8-6-9-12-19/h6,8-9,11-12,17,20-21H,4-5,7,10,13-16H2,1-3H3/t17?,20-,21?/m1/s1. The molecular formula is C22H33NO4. The Balaban J connectivity index is 1.73. The average molecular weight is 376 g/mol. The summed E-state index contributed by atoms with van der Waals surface area (Å²) in [6.07, 6.45) is 5.30. The number of hydrogen-bond donors (Lipinski definition) is 0. The minimum absolute atomic E-state index is 0.0226. The molecule has 3 atom stereocenters. The molecule has 1 aromatic rings. The summed E-state index contributed by atoms with van der Waals surface area (Å²) in [5.41, 5.74) is 0.996. The Hall–Kier alpha value is -1.88. The average Bonchev–Trinajstić information content (AvgIpc) is 3.13. The van der Waals surface area contributed by atoms with E-state index in [2.05, 4.69) is 18.8 Å². The van der Waals surface area contributed by atoms with Crippen LogP contribution in [0.4, 0.5) is 0 Å². The lowest BCUT2D eigenvalue weighted by atomic mass is 9.95. The fraction of sp³-hybridized carbons (Fsp3) is 0.636. The molecule has 5 nitrogen and oxygen atoms in total. The Kier molecular flexibility index (Phi) is 9.32. The van der Waals surface area contributed by atoms with Crippen LogP contribution in [-0.4, -0.2) is 43.8 Å². The zero-order valence-corrected chi connectivity index (χ0v) is 16.9. The Bertz CT molecular complexity index is 587. The largest absolute Gasteiger partial charge is 0.475 e. The zero-order valence-electron chi connectivity index (χ0n) is 16.9. The summed E-state index contributed by atoms with van der Waals surface area (Å²) in [7, 11) is 0. The number of nitrogens with zero attached hydrogens (tertiary/aromatic N) is 1. The van der Waals surface area contributed by atoms with Crippen LogP contribution in [0.25, 0.3) is 0 Å². The quantitative estimate of drug-likeness (QED) is 0.402. The normalized spacial score (nSPS) is 18.5. The molecule has 0 N–H and O–H groups in total. The van der Waals surface area contributed by atoms with Gasteiger partial charge in [0.1, 0.15) is 18.8 Å². The van der Waals surface area contributed by atoms with E-state index in [1.165, 1.54) is 26.2 Å². The molecule has 0 fully saturated rings. The minimum Gasteiger partial charge on any atom is -0.475 e. The highest BCUT2D eigenvalue weighted by atomic mass is 16.5. The monoisotopic (exact) mass is 375 g/mol. The first kappa shape index (κ1) is 21.4. The Morgan fingerprint density at radius 2 is 2.04 bits per heavy atom. The van der Waals surface area contributed by atoms with Crippen LogP contribution in [0.2, 0.25) is 0 Å². The summed E-state index contributed by atoms with van der Waals surface area (Å²) in [5.74, 6) is 0.816. The van der Waals surface area contributed by atoms with Gasteiger partial charge in [-0.05, 0) is 24.5 Å². The SMILES string of the molecule is CCCCCC(C)C(CCOC[C@@H]1COC(c2ccccc2)=N1)OC(C)=O. The third-order valence-corrected chi connectivity index (χ3v) is 4.80. The van der Waals surface area contributed by atoms with Crippen LogP contribution < -0.4 is 0 Å². The van der Waals surface area contributed by atoms with E-state index in [1.54, 1.807) is 0 Å². The second-order valence-electron chi connectivity index (χ2n) is 7.25. The van der Waals surface area contributed by atoms with Crippen molar-refractivity contribution in [2.24, 2.45) is 10.9 Å². The molecule has 27 heavy (non-hydrogen) atoms. The van der Waals surface area contributed by atoms with Gasteiger partial charge in [0.15, 0.2) is 0 Å². The lowest BCUT2D eigenvalue weighted by Crippen LogP contribution is -2.26. The molecule has 150 valence electrons. The number of carbonyl (C=O) groups is 1. The van der Waals surface area contributed by atoms with E-state index >= 15 is 0 Å². The number of esters is 1. The van der Waals surface area contributed by atoms with Crippen LogP contribution in [0.15, 0.2) is 35.3 Å². The summed E-state index contributed by atoms with van der Waals surface area (Å²) in [4.78, 5) is 16.0. The smallest absolute Gasteiger partial charge is 0.302 e. The lowest BCUT2D eigenvalue weighted by molar-refractivity contribution is -0.150. The highest BCUT2D eigenvalue weighted by Gasteiger charge is 2.22. The Morgan fingerprint density at radius 1 is 1.26 bits per heavy atom. The fourth-order valence-corrected chi connectivity index (χ4v) is 3.23. The zero-order chi connectivity index (χ0) is 19.5. The Labute approximate surface area is 163 Å². The van der Waals surface area contributed by atoms with Gasteiger partial charge in [-0.2, -0.15) is 0 Å².